The summed E-state index contributed by atoms with van der Waals surface area (Å²) in [6.07, 6.45) is 0.197. The topological polar surface area (TPSA) is 108 Å². The molecule has 1 unspecified atom stereocenters. The SMILES string of the molecule is Nc1ccc2c(c1)CC1(C(=O)NC(=O)NC1=O)C1CN(c3ccccc3)CCN21. The molecule has 0 saturated carbocycles. The van der Waals surface area contributed by atoms with Crippen LogP contribution in [0.5, 0.6) is 0 Å². The van der Waals surface area contributed by atoms with Gasteiger partial charge in [-0.05, 0) is 42.3 Å². The molecule has 2 fully saturated rings. The number of hydrogen-bond acceptors (Lipinski definition) is 6. The fraction of sp³-hybridized carbons (Fsp3) is 0.286. The highest BCUT2D eigenvalue weighted by molar-refractivity contribution is 6.20. The second-order valence-electron chi connectivity index (χ2n) is 7.76. The quantitative estimate of drug-likeness (QED) is 0.492. The highest BCUT2D eigenvalue weighted by atomic mass is 16.2. The molecular formula is C21H21N5O3. The summed E-state index contributed by atoms with van der Waals surface area (Å²) in [5, 5.41) is 4.63. The molecule has 1 atom stereocenters. The lowest BCUT2D eigenvalue weighted by atomic mass is 9.68. The summed E-state index contributed by atoms with van der Waals surface area (Å²) >= 11 is 0. The third kappa shape index (κ3) is 2.55. The van der Waals surface area contributed by atoms with E-state index < -0.39 is 29.3 Å². The van der Waals surface area contributed by atoms with Gasteiger partial charge in [0.15, 0.2) is 5.41 Å². The first-order chi connectivity index (χ1) is 14.0. The number of benzene rings is 2. The molecule has 0 aromatic heterocycles. The number of nitrogens with one attached hydrogen (secondary N) is 2. The van der Waals surface area contributed by atoms with Gasteiger partial charge in [0.2, 0.25) is 11.8 Å². The highest BCUT2D eigenvalue weighted by Crippen LogP contribution is 2.45. The molecule has 1 spiro atoms. The standard InChI is InChI=1S/C21H21N5O3/c22-14-6-7-16-13(10-14)11-21(18(27)23-20(29)24-19(21)28)17-12-25(8-9-26(16)17)15-4-2-1-3-5-15/h1-7,10,17H,8-9,11-12,22H2,(H2,23,24,27,28,29). The number of rotatable bonds is 1. The monoisotopic (exact) mass is 391 g/mol. The fourth-order valence-electron chi connectivity index (χ4n) is 4.84. The molecule has 0 bridgehead atoms. The van der Waals surface area contributed by atoms with Crippen molar-refractivity contribution in [3.63, 3.8) is 0 Å². The molecule has 2 saturated heterocycles. The van der Waals surface area contributed by atoms with Crippen molar-refractivity contribution in [3.05, 3.63) is 54.1 Å². The Bertz CT molecular complexity index is 1000. The van der Waals surface area contributed by atoms with E-state index in [0.717, 1.165) is 23.5 Å². The van der Waals surface area contributed by atoms with E-state index in [2.05, 4.69) is 20.4 Å². The number of nitrogen functional groups attached to an aromatic ring is 1. The lowest BCUT2D eigenvalue weighted by Gasteiger charge is -2.54. The first kappa shape index (κ1) is 17.5. The summed E-state index contributed by atoms with van der Waals surface area (Å²) in [5.74, 6) is -1.10. The molecule has 4 N–H and O–H groups in total. The minimum atomic E-state index is -1.40. The number of nitrogens with zero attached hydrogens (tertiary/aromatic N) is 2. The number of para-hydroxylation sites is 1. The summed E-state index contributed by atoms with van der Waals surface area (Å²) in [7, 11) is 0. The average molecular weight is 391 g/mol. The van der Waals surface area contributed by atoms with Gasteiger partial charge in [-0.25, -0.2) is 4.79 Å². The molecule has 4 amide bonds. The van der Waals surface area contributed by atoms with Crippen LogP contribution in [0.4, 0.5) is 21.9 Å². The van der Waals surface area contributed by atoms with Gasteiger partial charge in [0.05, 0.1) is 6.04 Å². The number of fused-ring (bicyclic) bond motifs is 4. The smallest absolute Gasteiger partial charge is 0.328 e. The molecule has 3 aliphatic heterocycles. The molecule has 3 aliphatic rings. The lowest BCUT2D eigenvalue weighted by Crippen LogP contribution is -2.74. The minimum absolute atomic E-state index is 0.197. The van der Waals surface area contributed by atoms with Gasteiger partial charge >= 0.3 is 6.03 Å². The van der Waals surface area contributed by atoms with Crippen molar-refractivity contribution in [2.75, 3.05) is 35.2 Å². The van der Waals surface area contributed by atoms with E-state index in [1.165, 1.54) is 0 Å². The summed E-state index contributed by atoms with van der Waals surface area (Å²) in [6.45, 7) is 1.89. The van der Waals surface area contributed by atoms with Crippen molar-refractivity contribution in [1.82, 2.24) is 10.6 Å². The molecule has 8 heteroatoms. The van der Waals surface area contributed by atoms with Gasteiger partial charge in [-0.15, -0.1) is 0 Å². The number of anilines is 3. The van der Waals surface area contributed by atoms with Gasteiger partial charge in [-0.2, -0.15) is 0 Å². The number of piperazine rings is 1. The molecule has 2 aromatic rings. The lowest BCUT2D eigenvalue weighted by molar-refractivity contribution is -0.146. The third-order valence-electron chi connectivity index (χ3n) is 6.22. The van der Waals surface area contributed by atoms with Crippen molar-refractivity contribution < 1.29 is 14.4 Å². The molecule has 8 nitrogen and oxygen atoms in total. The largest absolute Gasteiger partial charge is 0.399 e. The first-order valence-electron chi connectivity index (χ1n) is 9.61. The molecule has 3 heterocycles. The Kier molecular flexibility index (Phi) is 3.77. The van der Waals surface area contributed by atoms with E-state index >= 15 is 0 Å². The van der Waals surface area contributed by atoms with E-state index in [0.29, 0.717) is 18.8 Å². The Morgan fingerprint density at radius 3 is 2.41 bits per heavy atom. The summed E-state index contributed by atoms with van der Waals surface area (Å²) in [6, 6.07) is 14.3. The van der Waals surface area contributed by atoms with E-state index in [1.54, 1.807) is 0 Å². The van der Waals surface area contributed by atoms with Crippen LogP contribution in [0.15, 0.2) is 48.5 Å². The number of amides is 4. The molecule has 148 valence electrons. The number of carbonyl (C=O) groups excluding carboxylic acids is 3. The van der Waals surface area contributed by atoms with E-state index in [4.69, 9.17) is 5.73 Å². The summed E-state index contributed by atoms with van der Waals surface area (Å²) in [5.41, 5.74) is 8.02. The predicted molar refractivity (Wildman–Crippen MR) is 108 cm³/mol. The van der Waals surface area contributed by atoms with Gasteiger partial charge < -0.3 is 15.5 Å². The van der Waals surface area contributed by atoms with Crippen LogP contribution in [0.3, 0.4) is 0 Å². The number of urea groups is 1. The van der Waals surface area contributed by atoms with Crippen molar-refractivity contribution >= 4 is 34.9 Å². The average Bonchev–Trinajstić information content (AvgIpc) is 2.72. The molecule has 2 aromatic carbocycles. The van der Waals surface area contributed by atoms with Crippen molar-refractivity contribution in [3.8, 4) is 0 Å². The zero-order valence-corrected chi connectivity index (χ0v) is 15.7. The van der Waals surface area contributed by atoms with Crippen LogP contribution in [0, 0.1) is 5.41 Å². The van der Waals surface area contributed by atoms with Gasteiger partial charge in [-0.1, -0.05) is 18.2 Å². The Morgan fingerprint density at radius 2 is 1.69 bits per heavy atom. The zero-order valence-electron chi connectivity index (χ0n) is 15.7. The maximum absolute atomic E-state index is 13.1. The Labute approximate surface area is 167 Å². The van der Waals surface area contributed by atoms with Gasteiger partial charge in [0, 0.05) is 36.7 Å². The van der Waals surface area contributed by atoms with Crippen molar-refractivity contribution in [2.45, 2.75) is 12.5 Å². The minimum Gasteiger partial charge on any atom is -0.399 e. The summed E-state index contributed by atoms with van der Waals surface area (Å²) in [4.78, 5) is 42.3. The Hall–Kier alpha value is -3.55. The highest BCUT2D eigenvalue weighted by Gasteiger charge is 2.60. The molecule has 5 rings (SSSR count). The van der Waals surface area contributed by atoms with Crippen LogP contribution < -0.4 is 26.2 Å². The van der Waals surface area contributed by atoms with Crippen LogP contribution >= 0.6 is 0 Å². The zero-order chi connectivity index (χ0) is 20.2. The van der Waals surface area contributed by atoms with Gasteiger partial charge in [-0.3, -0.25) is 20.2 Å². The fourth-order valence-corrected chi connectivity index (χ4v) is 4.84. The third-order valence-corrected chi connectivity index (χ3v) is 6.22. The predicted octanol–water partition coefficient (Wildman–Crippen LogP) is 0.872. The first-order valence-corrected chi connectivity index (χ1v) is 9.61. The van der Waals surface area contributed by atoms with E-state index in [9.17, 15) is 14.4 Å². The number of imide groups is 2. The van der Waals surface area contributed by atoms with Crippen LogP contribution in [-0.4, -0.2) is 43.5 Å². The van der Waals surface area contributed by atoms with E-state index in [-0.39, 0.29) is 6.42 Å². The van der Waals surface area contributed by atoms with Crippen LogP contribution in [0.1, 0.15) is 5.56 Å². The van der Waals surface area contributed by atoms with Gasteiger partial charge in [0.1, 0.15) is 0 Å². The van der Waals surface area contributed by atoms with Crippen LogP contribution in [0.25, 0.3) is 0 Å². The van der Waals surface area contributed by atoms with Crippen molar-refractivity contribution in [1.29, 1.82) is 0 Å². The molecule has 0 radical (unpaired) electrons. The van der Waals surface area contributed by atoms with Crippen LogP contribution in [0.2, 0.25) is 0 Å². The molecule has 29 heavy (non-hydrogen) atoms. The molecular weight excluding hydrogens is 370 g/mol. The normalized spacial score (nSPS) is 22.6. The van der Waals surface area contributed by atoms with Gasteiger partial charge in [0.25, 0.3) is 0 Å². The number of barbiturate groups is 1. The second-order valence-corrected chi connectivity index (χ2v) is 7.76. The number of carbonyl (C=O) groups is 3. The second kappa shape index (κ2) is 6.23. The Balaban J connectivity index is 1.62. The molecule has 0 aliphatic carbocycles. The van der Waals surface area contributed by atoms with Crippen molar-refractivity contribution in [2.24, 2.45) is 5.41 Å². The van der Waals surface area contributed by atoms with E-state index in [1.807, 2.05) is 48.5 Å². The summed E-state index contributed by atoms with van der Waals surface area (Å²) < 4.78 is 0. The number of nitrogens with two attached hydrogens (primary N) is 1. The Morgan fingerprint density at radius 1 is 0.966 bits per heavy atom. The van der Waals surface area contributed by atoms with Crippen LogP contribution in [-0.2, 0) is 16.0 Å². The maximum Gasteiger partial charge on any atom is 0.328 e. The maximum atomic E-state index is 13.1. The number of hydrogen-bond donors (Lipinski definition) is 3.